The SMILES string of the molecule is C=CCOC(=O)c1ccc2c(c1)c(C)c(C)n2Cc1cccc(OC(C)(C)C(=O)O)c1. The zero-order valence-electron chi connectivity index (χ0n) is 18.3. The van der Waals surface area contributed by atoms with Gasteiger partial charge in [-0.3, -0.25) is 0 Å². The fourth-order valence-corrected chi connectivity index (χ4v) is 3.43. The second-order valence-electron chi connectivity index (χ2n) is 7.98. The normalized spacial score (nSPS) is 11.4. The Bertz CT molecular complexity index is 1160. The number of aryl methyl sites for hydroxylation is 1. The van der Waals surface area contributed by atoms with Crippen LogP contribution in [0.1, 0.15) is 41.0 Å². The largest absolute Gasteiger partial charge is 0.478 e. The van der Waals surface area contributed by atoms with Crippen LogP contribution in [0.4, 0.5) is 0 Å². The van der Waals surface area contributed by atoms with Gasteiger partial charge in [-0.1, -0.05) is 24.8 Å². The maximum atomic E-state index is 12.2. The maximum Gasteiger partial charge on any atom is 0.347 e. The smallest absolute Gasteiger partial charge is 0.347 e. The van der Waals surface area contributed by atoms with Gasteiger partial charge in [0.1, 0.15) is 12.4 Å². The lowest BCUT2D eigenvalue weighted by Gasteiger charge is -2.22. The van der Waals surface area contributed by atoms with Gasteiger partial charge in [0.25, 0.3) is 0 Å². The fraction of sp³-hybridized carbons (Fsp3) is 0.280. The molecule has 6 nitrogen and oxygen atoms in total. The van der Waals surface area contributed by atoms with Crippen molar-refractivity contribution in [2.24, 2.45) is 0 Å². The molecule has 6 heteroatoms. The topological polar surface area (TPSA) is 77.8 Å². The van der Waals surface area contributed by atoms with Gasteiger partial charge in [0.05, 0.1) is 5.56 Å². The summed E-state index contributed by atoms with van der Waals surface area (Å²) in [5.41, 5.74) is 3.35. The molecule has 31 heavy (non-hydrogen) atoms. The van der Waals surface area contributed by atoms with Crippen molar-refractivity contribution >= 4 is 22.8 Å². The number of hydrogen-bond donors (Lipinski definition) is 1. The number of ether oxygens (including phenoxy) is 2. The van der Waals surface area contributed by atoms with Crippen LogP contribution >= 0.6 is 0 Å². The molecule has 2 aromatic carbocycles. The molecule has 3 aromatic rings. The second-order valence-corrected chi connectivity index (χ2v) is 7.98. The van der Waals surface area contributed by atoms with Gasteiger partial charge in [0, 0.05) is 23.1 Å². The number of fused-ring (bicyclic) bond motifs is 1. The summed E-state index contributed by atoms with van der Waals surface area (Å²) in [6.07, 6.45) is 1.54. The lowest BCUT2D eigenvalue weighted by molar-refractivity contribution is -0.152. The minimum Gasteiger partial charge on any atom is -0.478 e. The molecule has 0 fully saturated rings. The van der Waals surface area contributed by atoms with Crippen LogP contribution in [0.15, 0.2) is 55.1 Å². The van der Waals surface area contributed by atoms with Crippen LogP contribution < -0.4 is 4.74 Å². The molecule has 0 amide bonds. The minimum absolute atomic E-state index is 0.174. The molecule has 162 valence electrons. The quantitative estimate of drug-likeness (QED) is 0.414. The number of carboxylic acid groups (broad SMARTS) is 1. The van der Waals surface area contributed by atoms with Crippen LogP contribution in [0.2, 0.25) is 0 Å². The Morgan fingerprint density at radius 3 is 2.58 bits per heavy atom. The maximum absolute atomic E-state index is 12.2. The van der Waals surface area contributed by atoms with Gasteiger partial charge in [0.15, 0.2) is 5.60 Å². The van der Waals surface area contributed by atoms with Crippen molar-refractivity contribution in [3.05, 3.63) is 77.5 Å². The number of carbonyl (C=O) groups excluding carboxylic acids is 1. The van der Waals surface area contributed by atoms with Crippen molar-refractivity contribution in [2.75, 3.05) is 6.61 Å². The Labute approximate surface area is 181 Å². The summed E-state index contributed by atoms with van der Waals surface area (Å²) in [4.78, 5) is 23.6. The number of carbonyl (C=O) groups is 2. The molecule has 0 bridgehead atoms. The van der Waals surface area contributed by atoms with Gasteiger partial charge in [0.2, 0.25) is 0 Å². The number of rotatable bonds is 8. The molecule has 0 saturated carbocycles. The molecule has 0 aliphatic heterocycles. The van der Waals surface area contributed by atoms with Crippen molar-refractivity contribution in [2.45, 2.75) is 39.8 Å². The van der Waals surface area contributed by atoms with Gasteiger partial charge in [-0.2, -0.15) is 0 Å². The summed E-state index contributed by atoms with van der Waals surface area (Å²) in [6, 6.07) is 13.0. The highest BCUT2D eigenvalue weighted by atomic mass is 16.5. The van der Waals surface area contributed by atoms with E-state index in [0.717, 1.165) is 27.7 Å². The number of aliphatic carboxylic acids is 1. The van der Waals surface area contributed by atoms with E-state index in [9.17, 15) is 14.7 Å². The van der Waals surface area contributed by atoms with Crippen LogP contribution in [0.3, 0.4) is 0 Å². The predicted octanol–water partition coefficient (Wildman–Crippen LogP) is 4.89. The number of esters is 1. The average Bonchev–Trinajstić information content (AvgIpc) is 2.96. The van der Waals surface area contributed by atoms with E-state index in [1.807, 2.05) is 44.2 Å². The molecule has 1 N–H and O–H groups in total. The minimum atomic E-state index is -1.32. The molecule has 3 rings (SSSR count). The number of aromatic nitrogens is 1. The van der Waals surface area contributed by atoms with Crippen LogP contribution in [-0.2, 0) is 16.1 Å². The highest BCUT2D eigenvalue weighted by molar-refractivity contribution is 5.96. The monoisotopic (exact) mass is 421 g/mol. The fourth-order valence-electron chi connectivity index (χ4n) is 3.43. The van der Waals surface area contributed by atoms with Crippen molar-refractivity contribution in [3.63, 3.8) is 0 Å². The van der Waals surface area contributed by atoms with Gasteiger partial charge < -0.3 is 19.1 Å². The summed E-state index contributed by atoms with van der Waals surface area (Å²) in [6.45, 7) is 11.4. The Kier molecular flexibility index (Phi) is 6.20. The Balaban J connectivity index is 1.93. The molecule has 0 aliphatic carbocycles. The number of carboxylic acids is 1. The molecule has 1 heterocycles. The van der Waals surface area contributed by atoms with Crippen molar-refractivity contribution < 1.29 is 24.2 Å². The zero-order chi connectivity index (χ0) is 22.8. The molecular weight excluding hydrogens is 394 g/mol. The lowest BCUT2D eigenvalue weighted by Crippen LogP contribution is -2.37. The third kappa shape index (κ3) is 4.63. The molecule has 0 saturated heterocycles. The first-order valence-corrected chi connectivity index (χ1v) is 10.0. The molecule has 0 radical (unpaired) electrons. The van der Waals surface area contributed by atoms with Crippen LogP contribution in [0.5, 0.6) is 5.75 Å². The van der Waals surface area contributed by atoms with E-state index >= 15 is 0 Å². The first-order valence-electron chi connectivity index (χ1n) is 10.0. The molecule has 1 aromatic heterocycles. The van der Waals surface area contributed by atoms with Crippen LogP contribution in [-0.4, -0.2) is 33.8 Å². The molecule has 0 unspecified atom stereocenters. The second kappa shape index (κ2) is 8.68. The molecular formula is C25H27NO5. The summed E-state index contributed by atoms with van der Waals surface area (Å²) in [5.74, 6) is -0.899. The summed E-state index contributed by atoms with van der Waals surface area (Å²) >= 11 is 0. The first-order chi connectivity index (χ1) is 14.6. The van der Waals surface area contributed by atoms with Gasteiger partial charge >= 0.3 is 11.9 Å². The average molecular weight is 421 g/mol. The van der Waals surface area contributed by atoms with E-state index in [4.69, 9.17) is 9.47 Å². The van der Waals surface area contributed by atoms with Gasteiger partial charge in [-0.15, -0.1) is 0 Å². The highest BCUT2D eigenvalue weighted by Crippen LogP contribution is 2.28. The summed E-state index contributed by atoms with van der Waals surface area (Å²) in [7, 11) is 0. The van der Waals surface area contributed by atoms with Crippen molar-refractivity contribution in [1.82, 2.24) is 4.57 Å². The van der Waals surface area contributed by atoms with E-state index in [0.29, 0.717) is 17.9 Å². The highest BCUT2D eigenvalue weighted by Gasteiger charge is 2.29. The molecule has 0 spiro atoms. The zero-order valence-corrected chi connectivity index (χ0v) is 18.3. The number of nitrogens with zero attached hydrogens (tertiary/aromatic N) is 1. The Morgan fingerprint density at radius 2 is 1.90 bits per heavy atom. The Hall–Kier alpha value is -3.54. The standard InChI is InChI=1S/C25H27NO5/c1-6-12-30-23(27)19-10-11-22-21(14-19)16(2)17(3)26(22)15-18-8-7-9-20(13-18)31-25(4,5)24(28)29/h6-11,13-14H,1,12,15H2,2-5H3,(H,28,29). The first kappa shape index (κ1) is 22.2. The number of benzene rings is 2. The number of hydrogen-bond acceptors (Lipinski definition) is 4. The van der Waals surface area contributed by atoms with Gasteiger partial charge in [-0.05, 0) is 69.2 Å². The molecule has 0 aliphatic rings. The Morgan fingerprint density at radius 1 is 1.16 bits per heavy atom. The van der Waals surface area contributed by atoms with Crippen molar-refractivity contribution in [1.29, 1.82) is 0 Å². The van der Waals surface area contributed by atoms with E-state index in [2.05, 4.69) is 11.1 Å². The summed E-state index contributed by atoms with van der Waals surface area (Å²) < 4.78 is 13.0. The van der Waals surface area contributed by atoms with E-state index in [1.54, 1.807) is 12.1 Å². The van der Waals surface area contributed by atoms with Crippen LogP contribution in [0, 0.1) is 13.8 Å². The van der Waals surface area contributed by atoms with Crippen molar-refractivity contribution in [3.8, 4) is 5.75 Å². The predicted molar refractivity (Wildman–Crippen MR) is 120 cm³/mol. The van der Waals surface area contributed by atoms with E-state index in [-0.39, 0.29) is 12.6 Å². The lowest BCUT2D eigenvalue weighted by atomic mass is 10.1. The third-order valence-electron chi connectivity index (χ3n) is 5.33. The third-order valence-corrected chi connectivity index (χ3v) is 5.33. The van der Waals surface area contributed by atoms with E-state index < -0.39 is 11.6 Å². The van der Waals surface area contributed by atoms with E-state index in [1.165, 1.54) is 19.9 Å². The van der Waals surface area contributed by atoms with Gasteiger partial charge in [-0.25, -0.2) is 9.59 Å². The summed E-state index contributed by atoms with van der Waals surface area (Å²) in [5, 5.41) is 10.3. The molecule has 0 atom stereocenters. The van der Waals surface area contributed by atoms with Crippen LogP contribution in [0.25, 0.3) is 10.9 Å².